The zero-order chi connectivity index (χ0) is 20.6. The number of aliphatic hydroxyl groups is 2. The van der Waals surface area contributed by atoms with Gasteiger partial charge in [0.2, 0.25) is 0 Å². The molecule has 2 rings (SSSR count). The second kappa shape index (κ2) is 15.6. The van der Waals surface area contributed by atoms with E-state index in [2.05, 4.69) is 13.2 Å². The molecule has 0 spiro atoms. The van der Waals surface area contributed by atoms with Crippen LogP contribution in [0.3, 0.4) is 0 Å². The first-order valence-electron chi connectivity index (χ1n) is 9.11. The van der Waals surface area contributed by atoms with Crippen LogP contribution in [-0.2, 0) is 9.59 Å². The van der Waals surface area contributed by atoms with Gasteiger partial charge in [-0.15, -0.1) is 0 Å². The average Bonchev–Trinajstić information content (AvgIpc) is 3.31. The van der Waals surface area contributed by atoms with Crippen LogP contribution in [0.2, 0.25) is 0 Å². The Hall–Kier alpha value is -1.66. The summed E-state index contributed by atoms with van der Waals surface area (Å²) in [6.45, 7) is 9.52. The lowest BCUT2D eigenvalue weighted by molar-refractivity contribution is -0.133. The highest BCUT2D eigenvalue weighted by atomic mass is 16.4. The molecule has 2 saturated carbocycles. The Labute approximate surface area is 157 Å². The Morgan fingerprint density at radius 1 is 0.731 bits per heavy atom. The molecule has 0 atom stereocenters. The van der Waals surface area contributed by atoms with E-state index in [1.54, 1.807) is 0 Å². The molecule has 0 unspecified atom stereocenters. The minimum absolute atomic E-state index is 0.111. The minimum Gasteiger partial charge on any atom is -0.478 e. The molecule has 0 heterocycles. The maximum atomic E-state index is 9.60. The minimum atomic E-state index is -0.935. The van der Waals surface area contributed by atoms with Crippen molar-refractivity contribution in [3.63, 3.8) is 0 Å². The zero-order valence-electron chi connectivity index (χ0n) is 16.3. The van der Waals surface area contributed by atoms with E-state index in [0.29, 0.717) is 0 Å². The van der Waals surface area contributed by atoms with Crippen molar-refractivity contribution in [2.24, 2.45) is 5.41 Å². The number of carbonyl (C=O) groups is 2. The standard InChI is InChI=1S/C7H14O2.C5H10.2C4H6O2/c8-5-7(6-9)3-1-2-4-7;1-2-4-5-3-1;2*1-3(2)4(5)6/h8-9H,1-6H2;1-5H2;2*1H2,2H3,(H,5,6). The fourth-order valence-electron chi connectivity index (χ4n) is 2.38. The third-order valence-electron chi connectivity index (χ3n) is 4.32. The van der Waals surface area contributed by atoms with Crippen LogP contribution >= 0.6 is 0 Å². The number of aliphatic carboxylic acids is 2. The maximum absolute atomic E-state index is 9.60. The molecular weight excluding hydrogens is 336 g/mol. The lowest BCUT2D eigenvalue weighted by Crippen LogP contribution is -2.25. The van der Waals surface area contributed by atoms with Crippen molar-refractivity contribution < 1.29 is 30.0 Å². The fraction of sp³-hybridized carbons (Fsp3) is 0.700. The van der Waals surface area contributed by atoms with Gasteiger partial charge in [0.05, 0.1) is 13.2 Å². The molecule has 6 nitrogen and oxygen atoms in total. The van der Waals surface area contributed by atoms with Gasteiger partial charge < -0.3 is 20.4 Å². The van der Waals surface area contributed by atoms with Gasteiger partial charge in [-0.2, -0.15) is 0 Å². The van der Waals surface area contributed by atoms with Crippen molar-refractivity contribution in [1.29, 1.82) is 0 Å². The van der Waals surface area contributed by atoms with Crippen molar-refractivity contribution in [3.8, 4) is 0 Å². The Balaban J connectivity index is 0. The third kappa shape index (κ3) is 14.7. The van der Waals surface area contributed by atoms with Gasteiger partial charge in [-0.3, -0.25) is 0 Å². The van der Waals surface area contributed by atoms with Gasteiger partial charge in [0.1, 0.15) is 0 Å². The second-order valence-corrected chi connectivity index (χ2v) is 6.96. The first-order chi connectivity index (χ1) is 12.1. The van der Waals surface area contributed by atoms with E-state index in [0.717, 1.165) is 12.8 Å². The molecule has 2 fully saturated rings. The molecule has 152 valence electrons. The summed E-state index contributed by atoms with van der Waals surface area (Å²) in [5.41, 5.74) is 0.241. The van der Waals surface area contributed by atoms with Crippen LogP contribution < -0.4 is 0 Å². The van der Waals surface area contributed by atoms with Crippen LogP contribution in [0.4, 0.5) is 0 Å². The Bertz CT molecular complexity index is 370. The molecule has 4 N–H and O–H groups in total. The molecule has 0 aliphatic heterocycles. The molecular formula is C20H36O6. The number of hydrogen-bond acceptors (Lipinski definition) is 4. The molecule has 0 aromatic heterocycles. The van der Waals surface area contributed by atoms with Crippen LogP contribution in [0.5, 0.6) is 0 Å². The Kier molecular flexibility index (Phi) is 15.9. The van der Waals surface area contributed by atoms with E-state index >= 15 is 0 Å². The number of rotatable bonds is 4. The number of carboxylic acid groups (broad SMARTS) is 2. The van der Waals surface area contributed by atoms with Gasteiger partial charge >= 0.3 is 11.9 Å². The maximum Gasteiger partial charge on any atom is 0.330 e. The van der Waals surface area contributed by atoms with E-state index in [1.165, 1.54) is 58.8 Å². The average molecular weight is 373 g/mol. The zero-order valence-corrected chi connectivity index (χ0v) is 16.3. The monoisotopic (exact) mass is 372 g/mol. The normalized spacial score (nSPS) is 16.6. The van der Waals surface area contributed by atoms with E-state index in [1.807, 2.05) is 0 Å². The highest BCUT2D eigenvalue weighted by Gasteiger charge is 2.31. The highest BCUT2D eigenvalue weighted by Crippen LogP contribution is 2.36. The van der Waals surface area contributed by atoms with Crippen molar-refractivity contribution >= 4 is 11.9 Å². The predicted molar refractivity (Wildman–Crippen MR) is 103 cm³/mol. The van der Waals surface area contributed by atoms with Gasteiger partial charge in [0.25, 0.3) is 0 Å². The fourth-order valence-corrected chi connectivity index (χ4v) is 2.38. The van der Waals surface area contributed by atoms with E-state index in [9.17, 15) is 9.59 Å². The predicted octanol–water partition coefficient (Wildman–Crippen LogP) is 3.78. The molecule has 0 radical (unpaired) electrons. The number of hydrogen-bond donors (Lipinski definition) is 4. The van der Waals surface area contributed by atoms with E-state index < -0.39 is 11.9 Å². The van der Waals surface area contributed by atoms with E-state index in [4.69, 9.17) is 20.4 Å². The Morgan fingerprint density at radius 3 is 1.08 bits per heavy atom. The van der Waals surface area contributed by atoms with Crippen LogP contribution in [0.1, 0.15) is 71.6 Å². The molecule has 0 saturated heterocycles. The number of aliphatic hydroxyl groups excluding tert-OH is 2. The first-order valence-corrected chi connectivity index (χ1v) is 9.11. The van der Waals surface area contributed by atoms with Crippen molar-refractivity contribution in [3.05, 3.63) is 24.3 Å². The summed E-state index contributed by atoms with van der Waals surface area (Å²) >= 11 is 0. The first kappa shape index (κ1) is 26.6. The van der Waals surface area contributed by atoms with Crippen molar-refractivity contribution in [2.75, 3.05) is 13.2 Å². The summed E-state index contributed by atoms with van der Waals surface area (Å²) in [5, 5.41) is 33.5. The van der Waals surface area contributed by atoms with Gasteiger partial charge in [0, 0.05) is 16.6 Å². The largest absolute Gasteiger partial charge is 0.478 e. The highest BCUT2D eigenvalue weighted by molar-refractivity contribution is 5.85. The summed E-state index contributed by atoms with van der Waals surface area (Å²) in [5.74, 6) is -1.87. The molecule has 6 heteroatoms. The summed E-state index contributed by atoms with van der Waals surface area (Å²) < 4.78 is 0. The molecule has 0 aromatic carbocycles. The molecule has 26 heavy (non-hydrogen) atoms. The molecule has 0 amide bonds. The van der Waals surface area contributed by atoms with Crippen LogP contribution in [-0.4, -0.2) is 45.6 Å². The quantitative estimate of drug-likeness (QED) is 0.558. The second-order valence-electron chi connectivity index (χ2n) is 6.96. The Morgan fingerprint density at radius 2 is 0.962 bits per heavy atom. The lowest BCUT2D eigenvalue weighted by Gasteiger charge is -2.22. The van der Waals surface area contributed by atoms with Crippen molar-refractivity contribution in [2.45, 2.75) is 71.6 Å². The molecule has 2 aliphatic carbocycles. The smallest absolute Gasteiger partial charge is 0.330 e. The van der Waals surface area contributed by atoms with Gasteiger partial charge in [-0.1, -0.05) is 58.1 Å². The molecule has 0 bridgehead atoms. The third-order valence-corrected chi connectivity index (χ3v) is 4.32. The van der Waals surface area contributed by atoms with Gasteiger partial charge in [-0.25, -0.2) is 9.59 Å². The molecule has 2 aliphatic rings. The topological polar surface area (TPSA) is 115 Å². The van der Waals surface area contributed by atoms with Crippen LogP contribution in [0.25, 0.3) is 0 Å². The summed E-state index contributed by atoms with van der Waals surface area (Å²) in [7, 11) is 0. The lowest BCUT2D eigenvalue weighted by atomic mass is 9.89. The van der Waals surface area contributed by atoms with Gasteiger partial charge in [-0.05, 0) is 26.7 Å². The van der Waals surface area contributed by atoms with Gasteiger partial charge in [0.15, 0.2) is 0 Å². The SMILES string of the molecule is C1CCCC1.C=C(C)C(=O)O.C=C(C)C(=O)O.OCC1(CO)CCCC1. The summed E-state index contributed by atoms with van der Waals surface area (Å²) in [4.78, 5) is 19.2. The summed E-state index contributed by atoms with van der Waals surface area (Å²) in [6.07, 6.45) is 11.8. The summed E-state index contributed by atoms with van der Waals surface area (Å²) in [6, 6.07) is 0. The molecule has 0 aromatic rings. The number of carboxylic acids is 2. The van der Waals surface area contributed by atoms with Crippen LogP contribution in [0, 0.1) is 5.41 Å². The van der Waals surface area contributed by atoms with Crippen molar-refractivity contribution in [1.82, 2.24) is 0 Å². The van der Waals surface area contributed by atoms with E-state index in [-0.39, 0.29) is 29.8 Å². The van der Waals surface area contributed by atoms with Crippen LogP contribution in [0.15, 0.2) is 24.3 Å².